The zero-order chi connectivity index (χ0) is 8.55. The van der Waals surface area contributed by atoms with Crippen LogP contribution in [0.3, 0.4) is 0 Å². The van der Waals surface area contributed by atoms with Crippen LogP contribution in [0.4, 0.5) is 0 Å². The predicted octanol–water partition coefficient (Wildman–Crippen LogP) is 2.46. The molecule has 0 spiro atoms. The molecule has 0 aliphatic rings. The highest BCUT2D eigenvalue weighted by Crippen LogP contribution is 2.26. The van der Waals surface area contributed by atoms with Crippen molar-refractivity contribution in [1.82, 2.24) is 4.98 Å². The third-order valence-corrected chi connectivity index (χ3v) is 2.78. The molecule has 1 aromatic carbocycles. The van der Waals surface area contributed by atoms with E-state index in [9.17, 15) is 0 Å². The van der Waals surface area contributed by atoms with Crippen molar-refractivity contribution < 1.29 is 0 Å². The molecular formula is C8H4N2S2. The number of nitrogens with zero attached hydrogens (tertiary/aromatic N) is 2. The van der Waals surface area contributed by atoms with Crippen LogP contribution in [0.25, 0.3) is 10.2 Å². The Labute approximate surface area is 78.9 Å². The Morgan fingerprint density at radius 2 is 2.33 bits per heavy atom. The molecule has 0 saturated heterocycles. The van der Waals surface area contributed by atoms with Crippen LogP contribution in [0.15, 0.2) is 23.1 Å². The average molecular weight is 192 g/mol. The second kappa shape index (κ2) is 2.77. The second-order valence-corrected chi connectivity index (χ2v) is 3.77. The van der Waals surface area contributed by atoms with E-state index in [1.165, 1.54) is 11.3 Å². The lowest BCUT2D eigenvalue weighted by Crippen LogP contribution is -1.71. The van der Waals surface area contributed by atoms with Gasteiger partial charge in [-0.3, -0.25) is 0 Å². The lowest BCUT2D eigenvalue weighted by atomic mass is 10.3. The molecule has 0 aliphatic carbocycles. The van der Waals surface area contributed by atoms with Gasteiger partial charge in [0.2, 0.25) is 0 Å². The minimum absolute atomic E-state index is 0.492. The van der Waals surface area contributed by atoms with Crippen LogP contribution in [0.1, 0.15) is 5.01 Å². The highest BCUT2D eigenvalue weighted by atomic mass is 32.1. The topological polar surface area (TPSA) is 36.7 Å². The van der Waals surface area contributed by atoms with E-state index in [-0.39, 0.29) is 0 Å². The molecule has 2 aromatic rings. The molecule has 0 radical (unpaired) electrons. The number of rotatable bonds is 0. The van der Waals surface area contributed by atoms with Gasteiger partial charge in [0.1, 0.15) is 6.07 Å². The quantitative estimate of drug-likeness (QED) is 0.651. The summed E-state index contributed by atoms with van der Waals surface area (Å²) >= 11 is 5.63. The van der Waals surface area contributed by atoms with Crippen molar-refractivity contribution >= 4 is 34.2 Å². The Balaban J connectivity index is 2.85. The van der Waals surface area contributed by atoms with Crippen molar-refractivity contribution in [3.8, 4) is 6.07 Å². The lowest BCUT2D eigenvalue weighted by molar-refractivity contribution is 1.36. The Kier molecular flexibility index (Phi) is 1.75. The minimum Gasteiger partial charge on any atom is -0.225 e. The van der Waals surface area contributed by atoms with Gasteiger partial charge in [0.15, 0.2) is 5.01 Å². The van der Waals surface area contributed by atoms with Crippen LogP contribution in [0.5, 0.6) is 0 Å². The third kappa shape index (κ3) is 1.07. The normalized spacial score (nSPS) is 10.0. The number of thiazole rings is 1. The van der Waals surface area contributed by atoms with Gasteiger partial charge in [0.05, 0.1) is 10.2 Å². The van der Waals surface area contributed by atoms with Crippen LogP contribution in [0, 0.1) is 11.3 Å². The zero-order valence-electron chi connectivity index (χ0n) is 5.98. The van der Waals surface area contributed by atoms with E-state index in [2.05, 4.69) is 17.6 Å². The molecular weight excluding hydrogens is 188 g/mol. The summed E-state index contributed by atoms with van der Waals surface area (Å²) in [4.78, 5) is 4.94. The molecule has 0 N–H and O–H groups in total. The summed E-state index contributed by atoms with van der Waals surface area (Å²) in [6.45, 7) is 0. The molecule has 0 bridgehead atoms. The van der Waals surface area contributed by atoms with Crippen molar-refractivity contribution in [1.29, 1.82) is 5.26 Å². The molecule has 2 nitrogen and oxygen atoms in total. The molecule has 0 aliphatic heterocycles. The molecule has 2 rings (SSSR count). The zero-order valence-corrected chi connectivity index (χ0v) is 7.69. The lowest BCUT2D eigenvalue weighted by Gasteiger charge is -1.89. The van der Waals surface area contributed by atoms with Crippen molar-refractivity contribution in [2.45, 2.75) is 4.90 Å². The van der Waals surface area contributed by atoms with Crippen LogP contribution in [0.2, 0.25) is 0 Å². The molecule has 4 heteroatoms. The summed E-state index contributed by atoms with van der Waals surface area (Å²) in [7, 11) is 0. The molecule has 58 valence electrons. The number of para-hydroxylation sites is 1. The monoisotopic (exact) mass is 192 g/mol. The van der Waals surface area contributed by atoms with Gasteiger partial charge in [-0.05, 0) is 12.1 Å². The number of fused-ring (bicyclic) bond motifs is 1. The van der Waals surface area contributed by atoms with Gasteiger partial charge >= 0.3 is 0 Å². The van der Waals surface area contributed by atoms with Gasteiger partial charge < -0.3 is 0 Å². The highest BCUT2D eigenvalue weighted by molar-refractivity contribution is 7.80. The first-order valence-corrected chi connectivity index (χ1v) is 4.56. The fraction of sp³-hybridized carbons (Fsp3) is 0. The average Bonchev–Trinajstić information content (AvgIpc) is 2.49. The number of nitriles is 1. The smallest absolute Gasteiger partial charge is 0.195 e. The largest absolute Gasteiger partial charge is 0.225 e. The molecule has 0 atom stereocenters. The van der Waals surface area contributed by atoms with Crippen molar-refractivity contribution in [2.24, 2.45) is 0 Å². The maximum absolute atomic E-state index is 8.60. The molecule has 12 heavy (non-hydrogen) atoms. The Bertz CT molecular complexity index is 467. The fourth-order valence-corrected chi connectivity index (χ4v) is 2.10. The van der Waals surface area contributed by atoms with E-state index < -0.39 is 0 Å². The van der Waals surface area contributed by atoms with Gasteiger partial charge in [0, 0.05) is 4.90 Å². The van der Waals surface area contributed by atoms with Crippen LogP contribution in [-0.2, 0) is 0 Å². The molecule has 1 aromatic heterocycles. The summed E-state index contributed by atoms with van der Waals surface area (Å²) in [5, 5.41) is 9.09. The number of aromatic nitrogens is 1. The van der Waals surface area contributed by atoms with Crippen molar-refractivity contribution in [2.75, 3.05) is 0 Å². The third-order valence-electron chi connectivity index (χ3n) is 1.49. The number of benzene rings is 1. The van der Waals surface area contributed by atoms with E-state index in [0.717, 1.165) is 15.1 Å². The fourth-order valence-electron chi connectivity index (χ4n) is 0.982. The number of hydrogen-bond donors (Lipinski definition) is 1. The molecule has 0 saturated carbocycles. The van der Waals surface area contributed by atoms with Gasteiger partial charge in [-0.25, -0.2) is 4.98 Å². The number of thiol groups is 1. The van der Waals surface area contributed by atoms with E-state index in [1.807, 2.05) is 24.3 Å². The number of hydrogen-bond acceptors (Lipinski definition) is 4. The van der Waals surface area contributed by atoms with Crippen molar-refractivity contribution in [3.05, 3.63) is 23.2 Å². The van der Waals surface area contributed by atoms with Gasteiger partial charge in [-0.2, -0.15) is 5.26 Å². The minimum atomic E-state index is 0.492. The van der Waals surface area contributed by atoms with Crippen LogP contribution >= 0.6 is 24.0 Å². The predicted molar refractivity (Wildman–Crippen MR) is 51.6 cm³/mol. The standard InChI is InChI=1S/C8H4N2S2/c9-4-7-10-8-5(11)2-1-3-6(8)12-7/h1-3,11H. The molecule has 0 unspecified atom stereocenters. The first kappa shape index (κ1) is 7.59. The summed E-state index contributed by atoms with van der Waals surface area (Å²) in [5.41, 5.74) is 0.822. The van der Waals surface area contributed by atoms with Crippen molar-refractivity contribution in [3.63, 3.8) is 0 Å². The van der Waals surface area contributed by atoms with Gasteiger partial charge in [-0.15, -0.1) is 24.0 Å². The molecule has 0 amide bonds. The summed E-state index contributed by atoms with van der Waals surface area (Å²) < 4.78 is 1.01. The summed E-state index contributed by atoms with van der Waals surface area (Å²) in [6, 6.07) is 7.73. The summed E-state index contributed by atoms with van der Waals surface area (Å²) in [6.07, 6.45) is 0. The molecule has 1 heterocycles. The second-order valence-electron chi connectivity index (χ2n) is 2.25. The Morgan fingerprint density at radius 1 is 1.50 bits per heavy atom. The Hall–Kier alpha value is -1.05. The first-order valence-electron chi connectivity index (χ1n) is 3.30. The van der Waals surface area contributed by atoms with Crippen LogP contribution < -0.4 is 0 Å². The molecule has 0 fully saturated rings. The summed E-state index contributed by atoms with van der Waals surface area (Å²) in [5.74, 6) is 0. The van der Waals surface area contributed by atoms with Crippen LogP contribution in [-0.4, -0.2) is 4.98 Å². The first-order chi connectivity index (χ1) is 5.81. The van der Waals surface area contributed by atoms with E-state index in [4.69, 9.17) is 5.26 Å². The SMILES string of the molecule is N#Cc1nc2c(S)cccc2s1. The maximum Gasteiger partial charge on any atom is 0.195 e. The van der Waals surface area contributed by atoms with E-state index >= 15 is 0 Å². The maximum atomic E-state index is 8.60. The van der Waals surface area contributed by atoms with E-state index in [1.54, 1.807) is 0 Å². The highest BCUT2D eigenvalue weighted by Gasteiger charge is 2.03. The van der Waals surface area contributed by atoms with Gasteiger partial charge in [-0.1, -0.05) is 6.07 Å². The Morgan fingerprint density at radius 3 is 3.00 bits per heavy atom. The van der Waals surface area contributed by atoms with E-state index in [0.29, 0.717) is 5.01 Å². The van der Waals surface area contributed by atoms with Gasteiger partial charge in [0.25, 0.3) is 0 Å².